The molecule has 10 heteroatoms. The summed E-state index contributed by atoms with van der Waals surface area (Å²) in [5.41, 5.74) is 2.84. The molecule has 25 heavy (non-hydrogen) atoms. The number of rotatable bonds is 5. The maximum absolute atomic E-state index is 12.0. The predicted octanol–water partition coefficient (Wildman–Crippen LogP) is 1.91. The van der Waals surface area contributed by atoms with Crippen LogP contribution in [0.15, 0.2) is 29.5 Å². The molecule has 0 aliphatic carbocycles. The highest BCUT2D eigenvalue weighted by Crippen LogP contribution is 2.23. The molecule has 2 aromatic rings. The minimum Gasteiger partial charge on any atom is -0.505 e. The van der Waals surface area contributed by atoms with Gasteiger partial charge < -0.3 is 10.2 Å². The fourth-order valence-corrected chi connectivity index (χ4v) is 2.20. The number of non-ortho nitro benzene ring substituents is 1. The van der Waals surface area contributed by atoms with Crippen molar-refractivity contribution in [2.24, 2.45) is 5.10 Å². The Bertz CT molecular complexity index is 869. The van der Waals surface area contributed by atoms with Crippen molar-refractivity contribution in [3.05, 3.63) is 61.9 Å². The molecule has 1 aromatic carbocycles. The van der Waals surface area contributed by atoms with E-state index in [9.17, 15) is 25.1 Å². The molecule has 0 saturated heterocycles. The topological polar surface area (TPSA) is 138 Å². The molecule has 0 radical (unpaired) electrons. The summed E-state index contributed by atoms with van der Waals surface area (Å²) in [4.78, 5) is 26.0. The minimum absolute atomic E-state index is 0.00179. The van der Waals surface area contributed by atoms with Gasteiger partial charge in [-0.1, -0.05) is 11.6 Å². The number of nitrogens with one attached hydrogen (secondary N) is 1. The van der Waals surface area contributed by atoms with Crippen molar-refractivity contribution in [1.29, 1.82) is 0 Å². The molecule has 130 valence electrons. The van der Waals surface area contributed by atoms with Crippen LogP contribution in [0.3, 0.4) is 0 Å². The number of carbonyl (C=O) groups excluding carboxylic acids is 1. The van der Waals surface area contributed by atoms with E-state index in [2.05, 4.69) is 15.5 Å². The zero-order chi connectivity index (χ0) is 18.6. The first kappa shape index (κ1) is 18.3. The van der Waals surface area contributed by atoms with E-state index in [0.717, 1.165) is 18.3 Å². The summed E-state index contributed by atoms with van der Waals surface area (Å²) in [6.45, 7) is 1.20. The van der Waals surface area contributed by atoms with E-state index in [1.807, 2.05) is 0 Å². The van der Waals surface area contributed by atoms with Crippen LogP contribution in [0.2, 0.25) is 5.02 Å². The van der Waals surface area contributed by atoms with Gasteiger partial charge in [-0.15, -0.1) is 0 Å². The molecule has 0 aliphatic rings. The summed E-state index contributed by atoms with van der Waals surface area (Å²) in [5.74, 6) is -0.857. The molecule has 0 unspecified atom stereocenters. The molecule has 1 heterocycles. The van der Waals surface area contributed by atoms with E-state index < -0.39 is 10.8 Å². The molecular weight excluding hydrogens is 352 g/mol. The van der Waals surface area contributed by atoms with Crippen LogP contribution in [0.1, 0.15) is 27.2 Å². The fourth-order valence-electron chi connectivity index (χ4n) is 1.94. The van der Waals surface area contributed by atoms with Crippen LogP contribution in [0.25, 0.3) is 0 Å². The number of aliphatic hydroxyl groups is 1. The number of nitro benzene ring substituents is 1. The number of aromatic hydroxyl groups is 1. The first-order valence-electron chi connectivity index (χ1n) is 6.90. The number of nitrogens with zero attached hydrogens (tertiary/aromatic N) is 3. The average Bonchev–Trinajstić information content (AvgIpc) is 2.58. The Labute approximate surface area is 146 Å². The molecule has 1 amide bonds. The summed E-state index contributed by atoms with van der Waals surface area (Å²) in [6.07, 6.45) is 2.54. The molecule has 2 rings (SSSR count). The van der Waals surface area contributed by atoms with Crippen LogP contribution in [-0.4, -0.2) is 32.2 Å². The number of aliphatic hydroxyl groups excluding tert-OH is 1. The second kappa shape index (κ2) is 7.69. The van der Waals surface area contributed by atoms with Gasteiger partial charge in [0.05, 0.1) is 34.0 Å². The monoisotopic (exact) mass is 364 g/mol. The maximum Gasteiger partial charge on any atom is 0.272 e. The highest BCUT2D eigenvalue weighted by atomic mass is 35.5. The summed E-state index contributed by atoms with van der Waals surface area (Å²) >= 11 is 5.86. The van der Waals surface area contributed by atoms with Gasteiger partial charge in [0.15, 0.2) is 0 Å². The third-order valence-electron chi connectivity index (χ3n) is 3.30. The lowest BCUT2D eigenvalue weighted by molar-refractivity contribution is -0.384. The Morgan fingerprint density at radius 3 is 2.84 bits per heavy atom. The van der Waals surface area contributed by atoms with Crippen molar-refractivity contribution < 1.29 is 19.9 Å². The third kappa shape index (κ3) is 4.08. The van der Waals surface area contributed by atoms with E-state index in [0.29, 0.717) is 11.3 Å². The van der Waals surface area contributed by atoms with Gasteiger partial charge in [-0.2, -0.15) is 5.10 Å². The number of pyridine rings is 1. The highest BCUT2D eigenvalue weighted by Gasteiger charge is 2.15. The van der Waals surface area contributed by atoms with E-state index in [1.54, 1.807) is 6.92 Å². The van der Waals surface area contributed by atoms with E-state index >= 15 is 0 Å². The Morgan fingerprint density at radius 1 is 1.52 bits per heavy atom. The second-order valence-electron chi connectivity index (χ2n) is 4.91. The van der Waals surface area contributed by atoms with E-state index in [-0.39, 0.29) is 34.2 Å². The van der Waals surface area contributed by atoms with Crippen LogP contribution >= 0.6 is 11.6 Å². The first-order chi connectivity index (χ1) is 11.8. The van der Waals surface area contributed by atoms with Crippen LogP contribution < -0.4 is 5.43 Å². The van der Waals surface area contributed by atoms with Gasteiger partial charge in [0.25, 0.3) is 11.6 Å². The molecular formula is C15H13ClN4O5. The van der Waals surface area contributed by atoms with Crippen molar-refractivity contribution in [2.75, 3.05) is 0 Å². The van der Waals surface area contributed by atoms with E-state index in [4.69, 9.17) is 11.6 Å². The molecule has 0 spiro atoms. The lowest BCUT2D eigenvalue weighted by atomic mass is 10.1. The summed E-state index contributed by atoms with van der Waals surface area (Å²) in [6, 6.07) is 3.41. The first-order valence-corrected chi connectivity index (χ1v) is 7.28. The summed E-state index contributed by atoms with van der Waals surface area (Å²) in [7, 11) is 0. The highest BCUT2D eigenvalue weighted by molar-refractivity contribution is 6.34. The largest absolute Gasteiger partial charge is 0.505 e. The Balaban J connectivity index is 2.19. The average molecular weight is 365 g/mol. The Morgan fingerprint density at radius 2 is 2.24 bits per heavy atom. The lowest BCUT2D eigenvalue weighted by Gasteiger charge is -2.07. The molecule has 0 fully saturated rings. The van der Waals surface area contributed by atoms with Gasteiger partial charge in [-0.25, -0.2) is 5.43 Å². The molecule has 0 aliphatic heterocycles. The van der Waals surface area contributed by atoms with Crippen LogP contribution in [0, 0.1) is 17.0 Å². The number of hydrazone groups is 1. The molecule has 9 nitrogen and oxygen atoms in total. The number of amides is 1. The van der Waals surface area contributed by atoms with Crippen molar-refractivity contribution >= 4 is 29.4 Å². The number of aryl methyl sites for hydroxylation is 1. The SMILES string of the molecule is Cc1ncc(CO)c(C=NNC(=O)c2ccc([N+](=O)[O-])cc2Cl)c1O. The maximum atomic E-state index is 12.0. The van der Waals surface area contributed by atoms with Crippen molar-refractivity contribution in [3.8, 4) is 5.75 Å². The zero-order valence-electron chi connectivity index (χ0n) is 12.9. The van der Waals surface area contributed by atoms with Gasteiger partial charge in [0.1, 0.15) is 5.75 Å². The van der Waals surface area contributed by atoms with Crippen molar-refractivity contribution in [2.45, 2.75) is 13.5 Å². The van der Waals surface area contributed by atoms with Gasteiger partial charge in [-0.3, -0.25) is 19.9 Å². The summed E-state index contributed by atoms with van der Waals surface area (Å²) < 4.78 is 0. The fraction of sp³-hybridized carbons (Fsp3) is 0.133. The molecule has 3 N–H and O–H groups in total. The molecule has 1 aromatic heterocycles. The smallest absolute Gasteiger partial charge is 0.272 e. The second-order valence-corrected chi connectivity index (χ2v) is 5.32. The molecule has 0 atom stereocenters. The number of benzene rings is 1. The quantitative estimate of drug-likeness (QED) is 0.421. The number of nitro groups is 1. The van der Waals surface area contributed by atoms with Gasteiger partial charge in [0.2, 0.25) is 0 Å². The van der Waals surface area contributed by atoms with Gasteiger partial charge >= 0.3 is 0 Å². The Hall–Kier alpha value is -3.04. The lowest BCUT2D eigenvalue weighted by Crippen LogP contribution is -2.18. The Kier molecular flexibility index (Phi) is 5.63. The van der Waals surface area contributed by atoms with Crippen LogP contribution in [0.4, 0.5) is 5.69 Å². The molecule has 0 bridgehead atoms. The van der Waals surface area contributed by atoms with Crippen LogP contribution in [0.5, 0.6) is 5.75 Å². The predicted molar refractivity (Wildman–Crippen MR) is 89.7 cm³/mol. The zero-order valence-corrected chi connectivity index (χ0v) is 13.7. The van der Waals surface area contributed by atoms with E-state index in [1.165, 1.54) is 12.3 Å². The van der Waals surface area contributed by atoms with Crippen molar-refractivity contribution in [3.63, 3.8) is 0 Å². The van der Waals surface area contributed by atoms with Gasteiger partial charge in [-0.05, 0) is 13.0 Å². The number of carbonyl (C=O) groups is 1. The number of hydrogen-bond acceptors (Lipinski definition) is 7. The third-order valence-corrected chi connectivity index (χ3v) is 3.61. The standard InChI is InChI=1S/C15H13ClN4O5/c1-8-14(22)12(9(7-21)5-17-8)6-18-19-15(23)11-3-2-10(20(24)25)4-13(11)16/h2-6,21-22H,7H2,1H3,(H,19,23). The van der Waals surface area contributed by atoms with Gasteiger partial charge in [0, 0.05) is 29.5 Å². The number of aromatic nitrogens is 1. The summed E-state index contributed by atoms with van der Waals surface area (Å²) in [5, 5.41) is 33.5. The van der Waals surface area contributed by atoms with Crippen LogP contribution in [-0.2, 0) is 6.61 Å². The number of halogens is 1. The minimum atomic E-state index is -0.688. The number of hydrogen-bond donors (Lipinski definition) is 3. The van der Waals surface area contributed by atoms with Crippen molar-refractivity contribution in [1.82, 2.24) is 10.4 Å². The molecule has 0 saturated carbocycles. The normalized spacial score (nSPS) is 10.8.